The van der Waals surface area contributed by atoms with Crippen LogP contribution in [0.1, 0.15) is 12.0 Å². The predicted octanol–water partition coefficient (Wildman–Crippen LogP) is 1.20. The molecule has 2 N–H and O–H groups in total. The van der Waals surface area contributed by atoms with Crippen LogP contribution >= 0.6 is 0 Å². The molecular weight excluding hydrogens is 420 g/mol. The average Bonchev–Trinajstić information content (AvgIpc) is 2.81. The van der Waals surface area contributed by atoms with Gasteiger partial charge in [0.1, 0.15) is 18.5 Å². The van der Waals surface area contributed by atoms with E-state index in [1.807, 2.05) is 18.2 Å². The molecule has 1 aliphatic heterocycles. The maximum Gasteiger partial charge on any atom is 0.243 e. The van der Waals surface area contributed by atoms with E-state index >= 15 is 0 Å². The molecule has 31 heavy (non-hydrogen) atoms. The lowest BCUT2D eigenvalue weighted by atomic mass is 10.1. The number of rotatable bonds is 10. The van der Waals surface area contributed by atoms with Crippen molar-refractivity contribution in [3.05, 3.63) is 60.2 Å². The van der Waals surface area contributed by atoms with Gasteiger partial charge in [-0.05, 0) is 36.2 Å². The number of benzene rings is 2. The van der Waals surface area contributed by atoms with E-state index in [4.69, 9.17) is 9.47 Å². The highest BCUT2D eigenvalue weighted by atomic mass is 32.2. The van der Waals surface area contributed by atoms with Crippen LogP contribution in [-0.2, 0) is 26.0 Å². The molecule has 1 atom stereocenters. The summed E-state index contributed by atoms with van der Waals surface area (Å²) in [4.78, 5) is 12.3. The quantitative estimate of drug-likeness (QED) is 0.566. The van der Waals surface area contributed by atoms with Crippen molar-refractivity contribution in [1.82, 2.24) is 9.62 Å². The highest BCUT2D eigenvalue weighted by Gasteiger charge is 2.26. The van der Waals surface area contributed by atoms with Gasteiger partial charge in [0, 0.05) is 26.1 Å². The highest BCUT2D eigenvalue weighted by molar-refractivity contribution is 7.89. The maximum absolute atomic E-state index is 12.6. The minimum Gasteiger partial charge on any atom is -0.491 e. The number of carbonyl (C=O) groups is 1. The van der Waals surface area contributed by atoms with Crippen molar-refractivity contribution in [1.29, 1.82) is 0 Å². The highest BCUT2D eigenvalue weighted by Crippen LogP contribution is 2.18. The largest absolute Gasteiger partial charge is 0.491 e. The van der Waals surface area contributed by atoms with Gasteiger partial charge < -0.3 is 19.9 Å². The number of nitrogens with zero attached hydrogens (tertiary/aromatic N) is 1. The Morgan fingerprint density at radius 2 is 1.77 bits per heavy atom. The van der Waals surface area contributed by atoms with Gasteiger partial charge in [-0.2, -0.15) is 4.31 Å². The van der Waals surface area contributed by atoms with E-state index in [9.17, 15) is 18.3 Å². The van der Waals surface area contributed by atoms with Crippen LogP contribution in [0, 0.1) is 0 Å². The molecule has 0 aliphatic carbocycles. The monoisotopic (exact) mass is 448 g/mol. The van der Waals surface area contributed by atoms with Crippen LogP contribution < -0.4 is 10.1 Å². The summed E-state index contributed by atoms with van der Waals surface area (Å²) in [5.74, 6) is 0.468. The van der Waals surface area contributed by atoms with Gasteiger partial charge in [-0.1, -0.05) is 30.3 Å². The molecule has 3 rings (SSSR count). The Kier molecular flexibility index (Phi) is 8.42. The minimum absolute atomic E-state index is 0.0867. The SMILES string of the molecule is O=C(CCc1ccc(S(=O)(=O)N2CCOCC2)cc1)NCC(O)COc1ccccc1. The molecule has 0 saturated carbocycles. The van der Waals surface area contributed by atoms with Gasteiger partial charge >= 0.3 is 0 Å². The molecule has 0 aromatic heterocycles. The van der Waals surface area contributed by atoms with Crippen LogP contribution in [0.25, 0.3) is 0 Å². The van der Waals surface area contributed by atoms with E-state index in [1.54, 1.807) is 36.4 Å². The summed E-state index contributed by atoms with van der Waals surface area (Å²) in [6, 6.07) is 15.7. The van der Waals surface area contributed by atoms with Crippen molar-refractivity contribution in [3.63, 3.8) is 0 Å². The summed E-state index contributed by atoms with van der Waals surface area (Å²) in [6.07, 6.45) is -0.101. The number of para-hydroxylation sites is 1. The molecule has 2 aromatic carbocycles. The average molecular weight is 449 g/mol. The first-order chi connectivity index (χ1) is 14.9. The van der Waals surface area contributed by atoms with Gasteiger partial charge in [0.2, 0.25) is 15.9 Å². The van der Waals surface area contributed by atoms with Crippen LogP contribution in [0.4, 0.5) is 0 Å². The van der Waals surface area contributed by atoms with E-state index in [0.717, 1.165) is 5.56 Å². The van der Waals surface area contributed by atoms with E-state index in [1.165, 1.54) is 4.31 Å². The van der Waals surface area contributed by atoms with Crippen molar-refractivity contribution in [3.8, 4) is 5.75 Å². The molecule has 168 valence electrons. The normalized spacial score (nSPS) is 15.9. The second-order valence-electron chi connectivity index (χ2n) is 7.24. The number of amides is 1. The molecule has 1 unspecified atom stereocenters. The van der Waals surface area contributed by atoms with Crippen LogP contribution in [-0.4, -0.2) is 69.3 Å². The van der Waals surface area contributed by atoms with Crippen LogP contribution in [0.15, 0.2) is 59.5 Å². The van der Waals surface area contributed by atoms with Crippen LogP contribution in [0.5, 0.6) is 5.75 Å². The zero-order valence-corrected chi connectivity index (χ0v) is 18.1. The number of hydrogen-bond acceptors (Lipinski definition) is 6. The molecule has 8 nitrogen and oxygen atoms in total. The van der Waals surface area contributed by atoms with E-state index in [2.05, 4.69) is 5.32 Å². The van der Waals surface area contributed by atoms with E-state index < -0.39 is 16.1 Å². The number of nitrogens with one attached hydrogen (secondary N) is 1. The first kappa shape index (κ1) is 23.2. The molecule has 9 heteroatoms. The summed E-state index contributed by atoms with van der Waals surface area (Å²) >= 11 is 0. The number of carbonyl (C=O) groups excluding carboxylic acids is 1. The number of aryl methyl sites for hydroxylation is 1. The van der Waals surface area contributed by atoms with E-state index in [0.29, 0.717) is 38.5 Å². The fraction of sp³-hybridized carbons (Fsp3) is 0.409. The molecule has 0 radical (unpaired) electrons. The Labute approximate surface area is 182 Å². The van der Waals surface area contributed by atoms with Crippen molar-refractivity contribution >= 4 is 15.9 Å². The van der Waals surface area contributed by atoms with Crippen molar-refractivity contribution in [2.75, 3.05) is 39.5 Å². The second kappa shape index (κ2) is 11.2. The topological polar surface area (TPSA) is 105 Å². The molecule has 0 spiro atoms. The van der Waals surface area contributed by atoms with Crippen molar-refractivity contribution < 1.29 is 27.8 Å². The minimum atomic E-state index is -3.52. The fourth-order valence-corrected chi connectivity index (χ4v) is 4.52. The van der Waals surface area contributed by atoms with Crippen LogP contribution in [0.2, 0.25) is 0 Å². The molecule has 1 aliphatic rings. The van der Waals surface area contributed by atoms with Gasteiger partial charge in [-0.3, -0.25) is 4.79 Å². The zero-order chi connectivity index (χ0) is 22.1. The Bertz CT molecular complexity index is 928. The first-order valence-electron chi connectivity index (χ1n) is 10.2. The lowest BCUT2D eigenvalue weighted by Crippen LogP contribution is -2.40. The molecule has 2 aromatic rings. The summed E-state index contributed by atoms with van der Waals surface area (Å²) in [7, 11) is -3.52. The Morgan fingerprint density at radius 1 is 1.10 bits per heavy atom. The summed E-state index contributed by atoms with van der Waals surface area (Å²) in [6.45, 7) is 1.70. The molecule has 1 heterocycles. The summed E-state index contributed by atoms with van der Waals surface area (Å²) in [5, 5.41) is 12.6. The lowest BCUT2D eigenvalue weighted by molar-refractivity contribution is -0.121. The number of ether oxygens (including phenoxy) is 2. The van der Waals surface area contributed by atoms with Crippen molar-refractivity contribution in [2.45, 2.75) is 23.8 Å². The number of aliphatic hydroxyl groups excluding tert-OH is 1. The Hall–Kier alpha value is -2.46. The standard InChI is InChI=1S/C22H28N2O6S/c25-19(17-30-20-4-2-1-3-5-20)16-23-22(26)11-8-18-6-9-21(10-7-18)31(27,28)24-12-14-29-15-13-24/h1-7,9-10,19,25H,8,11-17H2,(H,23,26). The number of morpholine rings is 1. The predicted molar refractivity (Wildman–Crippen MR) is 115 cm³/mol. The zero-order valence-electron chi connectivity index (χ0n) is 17.3. The van der Waals surface area contributed by atoms with Crippen LogP contribution in [0.3, 0.4) is 0 Å². The second-order valence-corrected chi connectivity index (χ2v) is 9.18. The third-order valence-electron chi connectivity index (χ3n) is 4.89. The third kappa shape index (κ3) is 7.03. The van der Waals surface area contributed by atoms with Crippen molar-refractivity contribution in [2.24, 2.45) is 0 Å². The summed E-state index contributed by atoms with van der Waals surface area (Å²) < 4.78 is 37.3. The summed E-state index contributed by atoms with van der Waals surface area (Å²) in [5.41, 5.74) is 0.865. The van der Waals surface area contributed by atoms with Gasteiger partial charge in [0.05, 0.1) is 18.1 Å². The molecule has 0 bridgehead atoms. The van der Waals surface area contributed by atoms with Gasteiger partial charge in [0.15, 0.2) is 0 Å². The molecule has 1 amide bonds. The number of aliphatic hydroxyl groups is 1. The van der Waals surface area contributed by atoms with Gasteiger partial charge in [0.25, 0.3) is 0 Å². The smallest absolute Gasteiger partial charge is 0.243 e. The number of hydrogen-bond donors (Lipinski definition) is 2. The van der Waals surface area contributed by atoms with E-state index in [-0.39, 0.29) is 30.4 Å². The Morgan fingerprint density at radius 3 is 2.45 bits per heavy atom. The first-order valence-corrected chi connectivity index (χ1v) is 11.7. The Balaban J connectivity index is 1.39. The molecule has 1 fully saturated rings. The van der Waals surface area contributed by atoms with Gasteiger partial charge in [-0.15, -0.1) is 0 Å². The molecular formula is C22H28N2O6S. The lowest BCUT2D eigenvalue weighted by Gasteiger charge is -2.26. The fourth-order valence-electron chi connectivity index (χ4n) is 3.11. The third-order valence-corrected chi connectivity index (χ3v) is 6.81. The molecule has 1 saturated heterocycles. The number of sulfonamides is 1. The van der Waals surface area contributed by atoms with Gasteiger partial charge in [-0.25, -0.2) is 8.42 Å². The maximum atomic E-state index is 12.6.